The Morgan fingerprint density at radius 1 is 1.16 bits per heavy atom. The lowest BCUT2D eigenvalue weighted by Crippen LogP contribution is -2.29. The highest BCUT2D eigenvalue weighted by atomic mass is 79.9. The van der Waals surface area contributed by atoms with Crippen LogP contribution in [0, 0.1) is 18.6 Å². The first kappa shape index (κ1) is 25.5. The molecule has 0 saturated heterocycles. The molecular weight excluding hydrogens is 508 g/mol. The van der Waals surface area contributed by atoms with Gasteiger partial charge in [-0.25, -0.2) is 8.78 Å². The smallest absolute Gasteiger partial charge is 0.273 e. The van der Waals surface area contributed by atoms with E-state index >= 15 is 0 Å². The van der Waals surface area contributed by atoms with Gasteiger partial charge in [-0.2, -0.15) is 0 Å². The van der Waals surface area contributed by atoms with Crippen LogP contribution in [0.15, 0.2) is 57.8 Å². The third-order valence-corrected chi connectivity index (χ3v) is 5.25. The van der Waals surface area contributed by atoms with Gasteiger partial charge in [-0.3, -0.25) is 14.2 Å². The Hall–Kier alpha value is -2.75. The first-order valence-electron chi connectivity index (χ1n) is 9.39. The molecule has 3 N–H and O–H groups in total. The summed E-state index contributed by atoms with van der Waals surface area (Å²) < 4.78 is 34.1. The minimum absolute atomic E-state index is 0. The first-order chi connectivity index (χ1) is 14.8. The van der Waals surface area contributed by atoms with E-state index in [0.29, 0.717) is 30.0 Å². The molecule has 3 rings (SSSR count). The number of aryl methyl sites for hydroxylation is 1. The largest absolute Gasteiger partial charge is 0.487 e. The molecule has 1 amide bonds. The van der Waals surface area contributed by atoms with Crippen molar-refractivity contribution < 1.29 is 18.3 Å². The molecule has 1 aromatic heterocycles. The monoisotopic (exact) mass is 527 g/mol. The maximum atomic E-state index is 13.8. The van der Waals surface area contributed by atoms with Gasteiger partial charge in [-0.15, -0.1) is 12.4 Å². The molecule has 3 aromatic rings. The lowest BCUT2D eigenvalue weighted by Gasteiger charge is -2.15. The highest BCUT2D eigenvalue weighted by molar-refractivity contribution is 9.10. The third-order valence-electron chi connectivity index (χ3n) is 4.52. The molecule has 0 atom stereocenters. The number of aromatic nitrogens is 1. The summed E-state index contributed by atoms with van der Waals surface area (Å²) in [5, 5.41) is 2.68. The molecule has 6 nitrogen and oxygen atoms in total. The normalized spacial score (nSPS) is 10.4. The SMILES string of the molecule is Cc1cc(OCc2ccc(F)cc2F)c(Br)c(=O)n1-c1ccc(C(=O)NCCN)cc1.Cl. The van der Waals surface area contributed by atoms with Crippen molar-refractivity contribution >= 4 is 34.2 Å². The molecule has 0 spiro atoms. The van der Waals surface area contributed by atoms with Crippen LogP contribution in [0.2, 0.25) is 0 Å². The van der Waals surface area contributed by atoms with Crippen molar-refractivity contribution in [1.82, 2.24) is 9.88 Å². The minimum Gasteiger partial charge on any atom is -0.487 e. The number of nitrogens with two attached hydrogens (primary N) is 1. The Bertz CT molecular complexity index is 1170. The summed E-state index contributed by atoms with van der Waals surface area (Å²) in [6.45, 7) is 2.27. The van der Waals surface area contributed by atoms with Gasteiger partial charge in [-0.05, 0) is 59.3 Å². The summed E-state index contributed by atoms with van der Waals surface area (Å²) >= 11 is 3.24. The second-order valence-electron chi connectivity index (χ2n) is 6.72. The summed E-state index contributed by atoms with van der Waals surface area (Å²) in [7, 11) is 0. The predicted molar refractivity (Wildman–Crippen MR) is 124 cm³/mol. The van der Waals surface area contributed by atoms with Crippen molar-refractivity contribution in [3.63, 3.8) is 0 Å². The molecule has 0 saturated carbocycles. The van der Waals surface area contributed by atoms with Crippen LogP contribution in [0.4, 0.5) is 8.78 Å². The van der Waals surface area contributed by atoms with E-state index < -0.39 is 11.6 Å². The third kappa shape index (κ3) is 5.73. The highest BCUT2D eigenvalue weighted by Crippen LogP contribution is 2.25. The number of hydrogen-bond acceptors (Lipinski definition) is 4. The summed E-state index contributed by atoms with van der Waals surface area (Å²) in [6.07, 6.45) is 0. The van der Waals surface area contributed by atoms with E-state index in [1.807, 2.05) is 0 Å². The number of halogens is 4. The molecule has 0 unspecified atom stereocenters. The van der Waals surface area contributed by atoms with Crippen LogP contribution in [0.5, 0.6) is 5.75 Å². The van der Waals surface area contributed by atoms with Crippen molar-refractivity contribution in [1.29, 1.82) is 0 Å². The van der Waals surface area contributed by atoms with Crippen LogP contribution in [0.3, 0.4) is 0 Å². The molecule has 0 aliphatic heterocycles. The molecule has 170 valence electrons. The van der Waals surface area contributed by atoms with E-state index in [2.05, 4.69) is 21.2 Å². The predicted octanol–water partition coefficient (Wildman–Crippen LogP) is 3.88. The van der Waals surface area contributed by atoms with Gasteiger partial charge in [0.1, 0.15) is 28.5 Å². The molecule has 2 aromatic carbocycles. The standard InChI is InChI=1S/C22H20BrF2N3O3.ClH/c1-13-10-19(31-12-15-2-5-16(24)11-18(15)25)20(23)22(30)28(13)17-6-3-14(4-7-17)21(29)27-9-8-26;/h2-7,10-11H,8-9,12,26H2,1H3,(H,27,29);1H. The van der Waals surface area contributed by atoms with Gasteiger partial charge in [0.2, 0.25) is 0 Å². The zero-order valence-electron chi connectivity index (χ0n) is 17.0. The van der Waals surface area contributed by atoms with E-state index in [9.17, 15) is 18.4 Å². The number of benzene rings is 2. The zero-order valence-corrected chi connectivity index (χ0v) is 19.4. The summed E-state index contributed by atoms with van der Waals surface area (Å²) in [4.78, 5) is 24.9. The molecule has 10 heteroatoms. The molecule has 0 aliphatic rings. The Labute approximate surface area is 197 Å². The van der Waals surface area contributed by atoms with Gasteiger partial charge in [0, 0.05) is 47.7 Å². The van der Waals surface area contributed by atoms with E-state index in [-0.39, 0.29) is 46.3 Å². The fraction of sp³-hybridized carbons (Fsp3) is 0.182. The molecule has 0 fully saturated rings. The fourth-order valence-corrected chi connectivity index (χ4v) is 3.36. The number of nitrogens with zero attached hydrogens (tertiary/aromatic N) is 1. The summed E-state index contributed by atoms with van der Waals surface area (Å²) in [6, 6.07) is 11.4. The Morgan fingerprint density at radius 2 is 1.84 bits per heavy atom. The topological polar surface area (TPSA) is 86.3 Å². The lowest BCUT2D eigenvalue weighted by atomic mass is 10.2. The first-order valence-corrected chi connectivity index (χ1v) is 10.2. The number of nitrogens with one attached hydrogen (secondary N) is 1. The highest BCUT2D eigenvalue weighted by Gasteiger charge is 2.15. The lowest BCUT2D eigenvalue weighted by molar-refractivity contribution is 0.0954. The number of pyridine rings is 1. The minimum atomic E-state index is -0.725. The van der Waals surface area contributed by atoms with Crippen LogP contribution in [0.25, 0.3) is 5.69 Å². The van der Waals surface area contributed by atoms with Crippen LogP contribution in [-0.2, 0) is 6.61 Å². The molecule has 32 heavy (non-hydrogen) atoms. The Kier molecular flexibility index (Phi) is 8.94. The number of ether oxygens (including phenoxy) is 1. The van der Waals surface area contributed by atoms with E-state index in [1.54, 1.807) is 37.3 Å². The number of carbonyl (C=O) groups is 1. The van der Waals surface area contributed by atoms with Crippen molar-refractivity contribution in [2.45, 2.75) is 13.5 Å². The van der Waals surface area contributed by atoms with Crippen molar-refractivity contribution in [2.24, 2.45) is 5.73 Å². The van der Waals surface area contributed by atoms with Crippen LogP contribution < -0.4 is 21.3 Å². The Balaban J connectivity index is 0.00000363. The van der Waals surface area contributed by atoms with Crippen LogP contribution >= 0.6 is 28.3 Å². The summed E-state index contributed by atoms with van der Waals surface area (Å²) in [5.41, 5.74) is 6.75. The van der Waals surface area contributed by atoms with E-state index in [4.69, 9.17) is 10.5 Å². The fourth-order valence-electron chi connectivity index (χ4n) is 2.95. The van der Waals surface area contributed by atoms with Crippen molar-refractivity contribution in [3.05, 3.63) is 91.8 Å². The van der Waals surface area contributed by atoms with Crippen molar-refractivity contribution in [2.75, 3.05) is 13.1 Å². The quantitative estimate of drug-likeness (QED) is 0.487. The number of hydrogen-bond donors (Lipinski definition) is 2. The second kappa shape index (κ2) is 11.2. The van der Waals surface area contributed by atoms with Gasteiger partial charge < -0.3 is 15.8 Å². The summed E-state index contributed by atoms with van der Waals surface area (Å²) in [5.74, 6) is -1.42. The number of amides is 1. The van der Waals surface area contributed by atoms with Gasteiger partial charge in [0.15, 0.2) is 0 Å². The molecule has 0 radical (unpaired) electrons. The number of carbonyl (C=O) groups excluding carboxylic acids is 1. The average Bonchev–Trinajstić information content (AvgIpc) is 2.75. The van der Waals surface area contributed by atoms with Gasteiger partial charge in [0.25, 0.3) is 11.5 Å². The maximum Gasteiger partial charge on any atom is 0.273 e. The average molecular weight is 529 g/mol. The molecule has 0 aliphatic carbocycles. The molecule has 1 heterocycles. The molecular formula is C22H21BrClF2N3O3. The van der Waals surface area contributed by atoms with Gasteiger partial charge in [0.05, 0.1) is 0 Å². The zero-order chi connectivity index (χ0) is 22.5. The van der Waals surface area contributed by atoms with Gasteiger partial charge >= 0.3 is 0 Å². The maximum absolute atomic E-state index is 13.8. The van der Waals surface area contributed by atoms with E-state index in [0.717, 1.165) is 12.1 Å². The Morgan fingerprint density at radius 3 is 2.47 bits per heavy atom. The van der Waals surface area contributed by atoms with E-state index in [1.165, 1.54) is 10.6 Å². The van der Waals surface area contributed by atoms with Crippen LogP contribution in [0.1, 0.15) is 21.6 Å². The molecule has 0 bridgehead atoms. The number of rotatable bonds is 7. The second-order valence-corrected chi connectivity index (χ2v) is 7.51. The van der Waals surface area contributed by atoms with Gasteiger partial charge in [-0.1, -0.05) is 0 Å². The van der Waals surface area contributed by atoms with Crippen LogP contribution in [-0.4, -0.2) is 23.6 Å². The van der Waals surface area contributed by atoms with Crippen molar-refractivity contribution in [3.8, 4) is 11.4 Å².